The van der Waals surface area contributed by atoms with Crippen molar-refractivity contribution in [3.63, 3.8) is 0 Å². The molecule has 3 N–H and O–H groups in total. The van der Waals surface area contributed by atoms with Gasteiger partial charge in [0.25, 0.3) is 0 Å². The monoisotopic (exact) mass is 401 g/mol. The summed E-state index contributed by atoms with van der Waals surface area (Å²) in [5.41, 5.74) is 9.88. The molecule has 1 aromatic heterocycles. The summed E-state index contributed by atoms with van der Waals surface area (Å²) in [4.78, 5) is 13.4. The highest BCUT2D eigenvalue weighted by molar-refractivity contribution is 7.10. The van der Waals surface area contributed by atoms with Gasteiger partial charge in [0.2, 0.25) is 0 Å². The number of aromatic nitrogens is 1. The van der Waals surface area contributed by atoms with E-state index < -0.39 is 0 Å². The van der Waals surface area contributed by atoms with Gasteiger partial charge in [-0.2, -0.15) is 0 Å². The van der Waals surface area contributed by atoms with E-state index in [-0.39, 0.29) is 12.2 Å². The molecule has 1 fully saturated rings. The van der Waals surface area contributed by atoms with Crippen molar-refractivity contribution in [1.29, 1.82) is 0 Å². The van der Waals surface area contributed by atoms with E-state index >= 15 is 0 Å². The molecule has 28 heavy (non-hydrogen) atoms. The summed E-state index contributed by atoms with van der Waals surface area (Å²) in [6.45, 7) is 4.15. The van der Waals surface area contributed by atoms with E-state index in [1.54, 1.807) is 25.6 Å². The number of anilines is 1. The fraction of sp³-hybridized carbons (Fsp3) is 0.500. The fourth-order valence-electron chi connectivity index (χ4n) is 3.93. The lowest BCUT2D eigenvalue weighted by atomic mass is 10.0. The Morgan fingerprint density at radius 2 is 2.07 bits per heavy atom. The number of likely N-dealkylation sites (tertiary alicyclic amines) is 1. The van der Waals surface area contributed by atoms with E-state index in [0.29, 0.717) is 17.4 Å². The molecule has 1 saturated heterocycles. The lowest BCUT2D eigenvalue weighted by molar-refractivity contribution is 0.228. The molecule has 3 atom stereocenters. The molecule has 0 aliphatic carbocycles. The van der Waals surface area contributed by atoms with Crippen molar-refractivity contribution in [3.8, 4) is 11.5 Å². The molecule has 0 amide bonds. The summed E-state index contributed by atoms with van der Waals surface area (Å²) in [6.07, 6.45) is 2.10. The van der Waals surface area contributed by atoms with Crippen molar-refractivity contribution >= 4 is 22.9 Å². The molecule has 7 nitrogen and oxygen atoms in total. The Bertz CT molecular complexity index is 868. The average Bonchev–Trinajstić information content (AvgIpc) is 3.33. The normalized spacial score (nSPS) is 25.0. The Morgan fingerprint density at radius 3 is 2.79 bits per heavy atom. The van der Waals surface area contributed by atoms with Crippen molar-refractivity contribution in [2.45, 2.75) is 37.9 Å². The Labute approximate surface area is 169 Å². The predicted molar refractivity (Wildman–Crippen MR) is 113 cm³/mol. The molecular weight excluding hydrogens is 374 g/mol. The molecule has 0 radical (unpaired) electrons. The number of ether oxygens (including phenoxy) is 2. The van der Waals surface area contributed by atoms with Gasteiger partial charge in [-0.25, -0.2) is 9.98 Å². The molecule has 2 aromatic rings. The molecule has 0 saturated carbocycles. The molecule has 4 rings (SSSR count). The zero-order valence-electron chi connectivity index (χ0n) is 16.5. The first kappa shape index (κ1) is 19.2. The number of nitrogens with two attached hydrogens (primary N) is 1. The van der Waals surface area contributed by atoms with E-state index in [1.807, 2.05) is 23.7 Å². The van der Waals surface area contributed by atoms with Gasteiger partial charge >= 0.3 is 0 Å². The summed E-state index contributed by atoms with van der Waals surface area (Å²) >= 11 is 1.70. The highest BCUT2D eigenvalue weighted by Gasteiger charge is 2.32. The van der Waals surface area contributed by atoms with Gasteiger partial charge in [-0.05, 0) is 30.9 Å². The molecule has 3 unspecified atom stereocenters. The van der Waals surface area contributed by atoms with Crippen LogP contribution in [0.2, 0.25) is 0 Å². The largest absolute Gasteiger partial charge is 0.493 e. The van der Waals surface area contributed by atoms with Crippen molar-refractivity contribution in [1.82, 2.24) is 9.88 Å². The summed E-state index contributed by atoms with van der Waals surface area (Å²) in [6, 6.07) is 6.01. The third-order valence-corrected chi connectivity index (χ3v) is 6.49. The van der Waals surface area contributed by atoms with Crippen LogP contribution in [0.25, 0.3) is 0 Å². The number of nitrogens with one attached hydrogen (secondary N) is 1. The van der Waals surface area contributed by atoms with Crippen LogP contribution in [0.5, 0.6) is 11.5 Å². The molecule has 0 spiro atoms. The van der Waals surface area contributed by atoms with Crippen LogP contribution in [-0.2, 0) is 0 Å². The van der Waals surface area contributed by atoms with Gasteiger partial charge < -0.3 is 20.5 Å². The third kappa shape index (κ3) is 3.72. The van der Waals surface area contributed by atoms with Crippen molar-refractivity contribution < 1.29 is 9.47 Å². The van der Waals surface area contributed by atoms with Crippen molar-refractivity contribution in [3.05, 3.63) is 34.3 Å². The maximum atomic E-state index is 6.15. The fourth-order valence-corrected chi connectivity index (χ4v) is 4.79. The molecule has 2 aliphatic heterocycles. The van der Waals surface area contributed by atoms with Crippen LogP contribution < -0.4 is 20.5 Å². The number of nitrogens with zero attached hydrogens (tertiary/aromatic N) is 3. The third-order valence-electron chi connectivity index (χ3n) is 5.43. The first-order chi connectivity index (χ1) is 13.6. The minimum absolute atomic E-state index is 0.104. The molecule has 0 bridgehead atoms. The second-order valence-corrected chi connectivity index (χ2v) is 8.29. The lowest BCUT2D eigenvalue weighted by Crippen LogP contribution is -2.35. The van der Waals surface area contributed by atoms with Crippen LogP contribution in [0.3, 0.4) is 0 Å². The first-order valence-electron chi connectivity index (χ1n) is 9.59. The second kappa shape index (κ2) is 8.06. The zero-order chi connectivity index (χ0) is 19.7. The van der Waals surface area contributed by atoms with Crippen LogP contribution >= 0.6 is 11.3 Å². The van der Waals surface area contributed by atoms with Gasteiger partial charge in [0.05, 0.1) is 19.7 Å². The highest BCUT2D eigenvalue weighted by atomic mass is 32.1. The predicted octanol–water partition coefficient (Wildman–Crippen LogP) is 2.89. The smallest absolute Gasteiger partial charge is 0.162 e. The van der Waals surface area contributed by atoms with Crippen LogP contribution in [0.1, 0.15) is 36.3 Å². The van der Waals surface area contributed by atoms with Gasteiger partial charge in [-0.1, -0.05) is 6.92 Å². The Hall–Kier alpha value is -2.16. The van der Waals surface area contributed by atoms with Crippen molar-refractivity contribution in [2.24, 2.45) is 10.7 Å². The van der Waals surface area contributed by atoms with Gasteiger partial charge in [0.1, 0.15) is 11.9 Å². The average molecular weight is 402 g/mol. The first-order valence-corrected chi connectivity index (χ1v) is 10.5. The highest BCUT2D eigenvalue weighted by Crippen LogP contribution is 2.35. The minimum atomic E-state index is 0.104. The number of hydrogen-bond donors (Lipinski definition) is 2. The number of fused-ring (bicyclic) bond motifs is 1. The van der Waals surface area contributed by atoms with E-state index in [1.165, 1.54) is 4.88 Å². The molecule has 8 heteroatoms. The summed E-state index contributed by atoms with van der Waals surface area (Å²) < 4.78 is 10.8. The number of benzene rings is 1. The summed E-state index contributed by atoms with van der Waals surface area (Å²) in [7, 11) is 3.27. The molecule has 1 aromatic carbocycles. The van der Waals surface area contributed by atoms with E-state index in [0.717, 1.165) is 43.1 Å². The number of aliphatic imine (C=N–C) groups is 1. The number of amidine groups is 1. The standard InChI is InChI=1S/C20H27N5O2S/c1-12-8-17(25-7-6-13(21)10-25)24-20(18-19(12)28-11-22-18)23-14-4-5-15(26-2)16(9-14)27-3/h4-5,9,11-13,17H,6-8,10,21H2,1-3H3,(H,23,24). The van der Waals surface area contributed by atoms with Crippen LogP contribution in [0.15, 0.2) is 28.7 Å². The van der Waals surface area contributed by atoms with Crippen LogP contribution in [0, 0.1) is 0 Å². The van der Waals surface area contributed by atoms with E-state index in [9.17, 15) is 0 Å². The SMILES string of the molecule is COc1ccc(NC2=NC(N3CCC(N)C3)CC(C)c3scnc32)cc1OC. The van der Waals surface area contributed by atoms with E-state index in [4.69, 9.17) is 20.2 Å². The van der Waals surface area contributed by atoms with E-state index in [2.05, 4.69) is 22.1 Å². The van der Waals surface area contributed by atoms with Crippen molar-refractivity contribution in [2.75, 3.05) is 32.6 Å². The second-order valence-electron chi connectivity index (χ2n) is 7.40. The Kier molecular flexibility index (Phi) is 5.52. The van der Waals surface area contributed by atoms with Gasteiger partial charge in [-0.3, -0.25) is 4.90 Å². The lowest BCUT2D eigenvalue weighted by Gasteiger charge is -2.25. The van der Waals surface area contributed by atoms with Gasteiger partial charge in [0.15, 0.2) is 17.3 Å². The number of methoxy groups -OCH3 is 2. The Balaban J connectivity index is 1.67. The molecule has 2 aliphatic rings. The number of thiazole rings is 1. The van der Waals surface area contributed by atoms with Gasteiger partial charge in [0, 0.05) is 35.8 Å². The summed E-state index contributed by atoms with van der Waals surface area (Å²) in [5, 5.41) is 3.48. The zero-order valence-corrected chi connectivity index (χ0v) is 17.3. The number of hydrogen-bond acceptors (Lipinski definition) is 8. The summed E-state index contributed by atoms with van der Waals surface area (Å²) in [5.74, 6) is 2.58. The molecule has 3 heterocycles. The maximum Gasteiger partial charge on any atom is 0.162 e. The number of rotatable bonds is 4. The molecule has 150 valence electrons. The van der Waals surface area contributed by atoms with Crippen LogP contribution in [-0.4, -0.2) is 55.2 Å². The minimum Gasteiger partial charge on any atom is -0.493 e. The quantitative estimate of drug-likeness (QED) is 0.819. The van der Waals surface area contributed by atoms with Gasteiger partial charge in [-0.15, -0.1) is 11.3 Å². The Morgan fingerprint density at radius 1 is 1.25 bits per heavy atom. The maximum absolute atomic E-state index is 6.15. The van der Waals surface area contributed by atoms with Crippen LogP contribution in [0.4, 0.5) is 5.69 Å². The molecular formula is C20H27N5O2S. The topological polar surface area (TPSA) is 85.0 Å².